The zero-order valence-corrected chi connectivity index (χ0v) is 11.9. The van der Waals surface area contributed by atoms with Gasteiger partial charge in [0.05, 0.1) is 5.84 Å². The van der Waals surface area contributed by atoms with Gasteiger partial charge in [-0.15, -0.1) is 0 Å². The first-order chi connectivity index (χ1) is 9.67. The second-order valence-corrected chi connectivity index (χ2v) is 6.15. The standard InChI is InChI=1S/C15H23N5/c16-13(17)11-15(4-5-15)12-19-7-9-20(10-8-19)14-3-1-2-6-18-14/h1-3,6H,4-5,7-12H2,(H3,16,17). The SMILES string of the molecule is N=C(N)CC1(CN2CCN(c3ccccn3)CC2)CC1. The number of anilines is 1. The molecule has 3 rings (SSSR count). The van der Waals surface area contributed by atoms with E-state index in [2.05, 4.69) is 20.9 Å². The minimum Gasteiger partial charge on any atom is -0.388 e. The third-order valence-corrected chi connectivity index (χ3v) is 4.43. The number of nitrogens with one attached hydrogen (secondary N) is 1. The van der Waals surface area contributed by atoms with Crippen molar-refractivity contribution in [3.05, 3.63) is 24.4 Å². The lowest BCUT2D eigenvalue weighted by Crippen LogP contribution is -2.48. The fraction of sp³-hybridized carbons (Fsp3) is 0.600. The zero-order valence-electron chi connectivity index (χ0n) is 11.9. The van der Waals surface area contributed by atoms with Crippen LogP contribution in [0, 0.1) is 10.8 Å². The highest BCUT2D eigenvalue weighted by molar-refractivity contribution is 5.78. The second-order valence-electron chi connectivity index (χ2n) is 6.15. The summed E-state index contributed by atoms with van der Waals surface area (Å²) in [4.78, 5) is 9.29. The van der Waals surface area contributed by atoms with E-state index < -0.39 is 0 Å². The summed E-state index contributed by atoms with van der Waals surface area (Å²) >= 11 is 0. The van der Waals surface area contributed by atoms with Crippen molar-refractivity contribution in [2.75, 3.05) is 37.6 Å². The Labute approximate surface area is 120 Å². The molecule has 1 saturated carbocycles. The van der Waals surface area contributed by atoms with Gasteiger partial charge in [0.25, 0.3) is 0 Å². The number of pyridine rings is 1. The van der Waals surface area contributed by atoms with E-state index in [1.807, 2.05) is 18.3 Å². The fourth-order valence-corrected chi connectivity index (χ4v) is 3.12. The third-order valence-electron chi connectivity index (χ3n) is 4.43. The van der Waals surface area contributed by atoms with E-state index >= 15 is 0 Å². The van der Waals surface area contributed by atoms with E-state index in [1.54, 1.807) is 0 Å². The molecule has 5 heteroatoms. The molecule has 0 aromatic carbocycles. The number of rotatable bonds is 5. The summed E-state index contributed by atoms with van der Waals surface area (Å²) in [6.07, 6.45) is 5.08. The third kappa shape index (κ3) is 3.10. The first-order valence-corrected chi connectivity index (χ1v) is 7.38. The first-order valence-electron chi connectivity index (χ1n) is 7.38. The summed E-state index contributed by atoms with van der Waals surface area (Å²) in [6.45, 7) is 5.33. The molecule has 0 amide bonds. The summed E-state index contributed by atoms with van der Waals surface area (Å²) in [5.41, 5.74) is 5.89. The predicted molar refractivity (Wildman–Crippen MR) is 81.1 cm³/mol. The fourth-order valence-electron chi connectivity index (χ4n) is 3.12. The Kier molecular flexibility index (Phi) is 3.61. The quantitative estimate of drug-likeness (QED) is 0.627. The molecule has 0 unspecified atom stereocenters. The molecular formula is C15H23N5. The molecule has 1 saturated heterocycles. The van der Waals surface area contributed by atoms with Crippen LogP contribution in [0.15, 0.2) is 24.4 Å². The molecule has 0 radical (unpaired) electrons. The topological polar surface area (TPSA) is 69.2 Å². The minimum atomic E-state index is 0.318. The van der Waals surface area contributed by atoms with Gasteiger partial charge in [0.2, 0.25) is 0 Å². The molecule has 1 aliphatic heterocycles. The summed E-state index contributed by atoms with van der Waals surface area (Å²) in [6, 6.07) is 6.08. The van der Waals surface area contributed by atoms with Crippen molar-refractivity contribution >= 4 is 11.7 Å². The summed E-state index contributed by atoms with van der Waals surface area (Å²) < 4.78 is 0. The number of aromatic nitrogens is 1. The van der Waals surface area contributed by atoms with Crippen molar-refractivity contribution in [3.8, 4) is 0 Å². The highest BCUT2D eigenvalue weighted by atomic mass is 15.3. The summed E-state index contributed by atoms with van der Waals surface area (Å²) in [5, 5.41) is 7.49. The van der Waals surface area contributed by atoms with Crippen LogP contribution in [0.3, 0.4) is 0 Å². The van der Waals surface area contributed by atoms with E-state index in [4.69, 9.17) is 11.1 Å². The molecule has 2 aliphatic rings. The van der Waals surface area contributed by atoms with Gasteiger partial charge in [-0.1, -0.05) is 6.07 Å². The summed E-state index contributed by atoms with van der Waals surface area (Å²) in [5.74, 6) is 1.42. The van der Waals surface area contributed by atoms with Gasteiger partial charge < -0.3 is 10.6 Å². The van der Waals surface area contributed by atoms with Gasteiger partial charge in [-0.2, -0.15) is 0 Å². The zero-order chi connectivity index (χ0) is 14.0. The van der Waals surface area contributed by atoms with Crippen molar-refractivity contribution in [2.24, 2.45) is 11.1 Å². The lowest BCUT2D eigenvalue weighted by molar-refractivity contribution is 0.210. The average molecular weight is 273 g/mol. The second kappa shape index (κ2) is 5.40. The first kappa shape index (κ1) is 13.4. The Morgan fingerprint density at radius 3 is 2.55 bits per heavy atom. The number of nitrogens with two attached hydrogens (primary N) is 1. The van der Waals surface area contributed by atoms with Crippen LogP contribution in [0.4, 0.5) is 5.82 Å². The minimum absolute atomic E-state index is 0.318. The Hall–Kier alpha value is -1.62. The van der Waals surface area contributed by atoms with Gasteiger partial charge in [0, 0.05) is 45.3 Å². The highest BCUT2D eigenvalue weighted by Gasteiger charge is 2.44. The van der Waals surface area contributed by atoms with Crippen molar-refractivity contribution < 1.29 is 0 Å². The van der Waals surface area contributed by atoms with E-state index in [-0.39, 0.29) is 0 Å². The Balaban J connectivity index is 1.51. The number of hydrogen-bond donors (Lipinski definition) is 2. The lowest BCUT2D eigenvalue weighted by Gasteiger charge is -2.37. The van der Waals surface area contributed by atoms with Crippen LogP contribution in [0.25, 0.3) is 0 Å². The van der Waals surface area contributed by atoms with E-state index in [9.17, 15) is 0 Å². The molecule has 2 fully saturated rings. The Morgan fingerprint density at radius 1 is 1.25 bits per heavy atom. The summed E-state index contributed by atoms with van der Waals surface area (Å²) in [7, 11) is 0. The Morgan fingerprint density at radius 2 is 2.00 bits per heavy atom. The van der Waals surface area contributed by atoms with Gasteiger partial charge in [0.15, 0.2) is 0 Å². The molecule has 2 heterocycles. The van der Waals surface area contributed by atoms with E-state index in [0.29, 0.717) is 11.3 Å². The molecule has 108 valence electrons. The van der Waals surface area contributed by atoms with Gasteiger partial charge in [-0.25, -0.2) is 4.98 Å². The van der Waals surface area contributed by atoms with Gasteiger partial charge in [0.1, 0.15) is 5.82 Å². The number of nitrogens with zero attached hydrogens (tertiary/aromatic N) is 3. The van der Waals surface area contributed by atoms with Crippen LogP contribution in [-0.2, 0) is 0 Å². The normalized spacial score (nSPS) is 21.7. The van der Waals surface area contributed by atoms with Crippen LogP contribution >= 0.6 is 0 Å². The molecular weight excluding hydrogens is 250 g/mol. The van der Waals surface area contributed by atoms with Crippen LogP contribution in [-0.4, -0.2) is 48.4 Å². The van der Waals surface area contributed by atoms with Crippen LogP contribution in [0.2, 0.25) is 0 Å². The number of amidine groups is 1. The maximum absolute atomic E-state index is 7.49. The Bertz CT molecular complexity index is 460. The molecule has 3 N–H and O–H groups in total. The van der Waals surface area contributed by atoms with Crippen molar-refractivity contribution in [2.45, 2.75) is 19.3 Å². The maximum Gasteiger partial charge on any atom is 0.128 e. The molecule has 1 aliphatic carbocycles. The van der Waals surface area contributed by atoms with Crippen molar-refractivity contribution in [1.82, 2.24) is 9.88 Å². The molecule has 0 atom stereocenters. The van der Waals surface area contributed by atoms with E-state index in [0.717, 1.165) is 45.0 Å². The van der Waals surface area contributed by atoms with Crippen LogP contribution in [0.5, 0.6) is 0 Å². The maximum atomic E-state index is 7.49. The number of piperazine rings is 1. The van der Waals surface area contributed by atoms with Gasteiger partial charge in [-0.05, 0) is 30.4 Å². The smallest absolute Gasteiger partial charge is 0.128 e. The number of hydrogen-bond acceptors (Lipinski definition) is 4. The molecule has 1 aromatic heterocycles. The van der Waals surface area contributed by atoms with Crippen LogP contribution < -0.4 is 10.6 Å². The van der Waals surface area contributed by atoms with E-state index in [1.165, 1.54) is 12.8 Å². The van der Waals surface area contributed by atoms with Gasteiger partial charge in [-0.3, -0.25) is 10.3 Å². The predicted octanol–water partition coefficient (Wildman–Crippen LogP) is 1.31. The van der Waals surface area contributed by atoms with Crippen molar-refractivity contribution in [3.63, 3.8) is 0 Å². The van der Waals surface area contributed by atoms with Crippen LogP contribution in [0.1, 0.15) is 19.3 Å². The average Bonchev–Trinajstić information content (AvgIpc) is 3.19. The molecule has 5 nitrogen and oxygen atoms in total. The molecule has 0 bridgehead atoms. The molecule has 20 heavy (non-hydrogen) atoms. The highest BCUT2D eigenvalue weighted by Crippen LogP contribution is 2.49. The van der Waals surface area contributed by atoms with Gasteiger partial charge >= 0.3 is 0 Å². The molecule has 1 aromatic rings. The van der Waals surface area contributed by atoms with Crippen molar-refractivity contribution in [1.29, 1.82) is 5.41 Å². The monoisotopic (exact) mass is 273 g/mol. The largest absolute Gasteiger partial charge is 0.388 e. The lowest BCUT2D eigenvalue weighted by atomic mass is 10.0. The molecule has 0 spiro atoms.